The fourth-order valence-corrected chi connectivity index (χ4v) is 2.90. The smallest absolute Gasteiger partial charge is 0.208 e. The first kappa shape index (κ1) is 12.4. The summed E-state index contributed by atoms with van der Waals surface area (Å²) in [6.45, 7) is 3.64. The van der Waals surface area contributed by atoms with Crippen molar-refractivity contribution in [2.75, 3.05) is 6.54 Å². The molecule has 1 aromatic carbocycles. The second-order valence-electron chi connectivity index (χ2n) is 5.28. The molecule has 0 saturated carbocycles. The molecule has 2 aromatic rings. The lowest BCUT2D eigenvalue weighted by Gasteiger charge is -2.25. The highest BCUT2D eigenvalue weighted by atomic mass is 16.4. The third kappa shape index (κ3) is 2.87. The van der Waals surface area contributed by atoms with E-state index in [4.69, 9.17) is 4.42 Å². The van der Waals surface area contributed by atoms with Crippen LogP contribution in [0.15, 0.2) is 34.9 Å². The van der Waals surface area contributed by atoms with Crippen LogP contribution >= 0.6 is 0 Å². The van der Waals surface area contributed by atoms with Crippen molar-refractivity contribution in [3.63, 3.8) is 0 Å². The quantitative estimate of drug-likeness (QED) is 0.913. The van der Waals surface area contributed by atoms with E-state index in [-0.39, 0.29) is 0 Å². The molecule has 0 bridgehead atoms. The van der Waals surface area contributed by atoms with E-state index in [1.807, 2.05) is 6.92 Å². The van der Waals surface area contributed by atoms with E-state index < -0.39 is 0 Å². The fraction of sp³-hybridized carbons (Fsp3) is 0.438. The van der Waals surface area contributed by atoms with Gasteiger partial charge >= 0.3 is 0 Å². The average molecular weight is 256 g/mol. The van der Waals surface area contributed by atoms with E-state index in [2.05, 4.69) is 34.6 Å². The van der Waals surface area contributed by atoms with Crippen LogP contribution in [0.1, 0.15) is 41.5 Å². The van der Waals surface area contributed by atoms with E-state index in [0.717, 1.165) is 18.2 Å². The number of hydrogen-bond donors (Lipinski definition) is 1. The zero-order valence-electron chi connectivity index (χ0n) is 11.4. The molecule has 1 unspecified atom stereocenters. The molecule has 1 atom stereocenters. The van der Waals surface area contributed by atoms with Gasteiger partial charge in [0, 0.05) is 6.54 Å². The summed E-state index contributed by atoms with van der Waals surface area (Å²) in [6, 6.07) is 8.83. The number of aromatic nitrogens is 1. The molecule has 0 amide bonds. The lowest BCUT2D eigenvalue weighted by atomic mass is 9.83. The maximum Gasteiger partial charge on any atom is 0.208 e. The van der Waals surface area contributed by atoms with Gasteiger partial charge in [0.05, 0.1) is 12.7 Å². The Kier molecular flexibility index (Phi) is 3.65. The van der Waals surface area contributed by atoms with Crippen molar-refractivity contribution in [3.8, 4) is 0 Å². The number of hydrogen-bond acceptors (Lipinski definition) is 3. The topological polar surface area (TPSA) is 38.1 Å². The first-order chi connectivity index (χ1) is 9.33. The summed E-state index contributed by atoms with van der Waals surface area (Å²) in [5.41, 5.74) is 3.04. The first-order valence-electron chi connectivity index (χ1n) is 7.03. The molecule has 1 N–H and O–H groups in total. The molecular formula is C16H20N2O. The maximum absolute atomic E-state index is 5.47. The Labute approximate surface area is 114 Å². The summed E-state index contributed by atoms with van der Waals surface area (Å²) >= 11 is 0. The largest absolute Gasteiger partial charge is 0.445 e. The van der Waals surface area contributed by atoms with Crippen molar-refractivity contribution in [2.45, 2.75) is 38.6 Å². The number of aryl methyl sites for hydroxylation is 2. The molecule has 1 heterocycles. The Bertz CT molecular complexity index is 547. The maximum atomic E-state index is 5.47. The van der Waals surface area contributed by atoms with Crippen LogP contribution in [0.4, 0.5) is 0 Å². The van der Waals surface area contributed by atoms with Gasteiger partial charge in [-0.15, -0.1) is 0 Å². The van der Waals surface area contributed by atoms with Gasteiger partial charge in [-0.2, -0.15) is 0 Å². The zero-order valence-corrected chi connectivity index (χ0v) is 11.4. The van der Waals surface area contributed by atoms with E-state index >= 15 is 0 Å². The number of fused-ring (bicyclic) bond motifs is 1. The van der Waals surface area contributed by atoms with Crippen LogP contribution < -0.4 is 5.32 Å². The summed E-state index contributed by atoms with van der Waals surface area (Å²) in [5, 5.41) is 3.47. The molecule has 1 aliphatic rings. The molecule has 3 heteroatoms. The van der Waals surface area contributed by atoms with Crippen molar-refractivity contribution in [1.82, 2.24) is 10.3 Å². The minimum Gasteiger partial charge on any atom is -0.445 e. The Morgan fingerprint density at radius 2 is 2.26 bits per heavy atom. The van der Waals surface area contributed by atoms with Crippen molar-refractivity contribution in [3.05, 3.63) is 53.2 Å². The number of nitrogens with one attached hydrogen (secondary N) is 1. The third-order valence-corrected chi connectivity index (χ3v) is 3.83. The number of rotatable bonds is 4. The van der Waals surface area contributed by atoms with Crippen molar-refractivity contribution in [1.29, 1.82) is 0 Å². The molecular weight excluding hydrogens is 236 g/mol. The molecule has 0 radical (unpaired) electrons. The van der Waals surface area contributed by atoms with Crippen LogP contribution in [0.5, 0.6) is 0 Å². The van der Waals surface area contributed by atoms with E-state index in [1.54, 1.807) is 6.20 Å². The Morgan fingerprint density at radius 3 is 3.11 bits per heavy atom. The van der Waals surface area contributed by atoms with Crippen LogP contribution in [0.3, 0.4) is 0 Å². The molecule has 0 fully saturated rings. The summed E-state index contributed by atoms with van der Waals surface area (Å²) in [5.74, 6) is 2.28. The highest BCUT2D eigenvalue weighted by molar-refractivity contribution is 5.32. The molecule has 0 saturated heterocycles. The van der Waals surface area contributed by atoms with Crippen LogP contribution in [0, 0.1) is 6.92 Å². The third-order valence-electron chi connectivity index (χ3n) is 3.83. The Hall–Kier alpha value is -1.61. The summed E-state index contributed by atoms with van der Waals surface area (Å²) in [7, 11) is 0. The lowest BCUT2D eigenvalue weighted by Crippen LogP contribution is -2.24. The fourth-order valence-electron chi connectivity index (χ4n) is 2.90. The molecule has 3 rings (SSSR count). The SMILES string of the molecule is Cc1cnc(CNCC2CCCc3ccccc32)o1. The van der Waals surface area contributed by atoms with Gasteiger partial charge in [-0.3, -0.25) is 0 Å². The Morgan fingerprint density at radius 1 is 1.37 bits per heavy atom. The Balaban J connectivity index is 1.59. The zero-order chi connectivity index (χ0) is 13.1. The molecule has 1 aliphatic carbocycles. The van der Waals surface area contributed by atoms with E-state index in [9.17, 15) is 0 Å². The summed E-state index contributed by atoms with van der Waals surface area (Å²) < 4.78 is 5.47. The van der Waals surface area contributed by atoms with Crippen LogP contribution in [-0.2, 0) is 13.0 Å². The average Bonchev–Trinajstić information content (AvgIpc) is 2.85. The van der Waals surface area contributed by atoms with Crippen molar-refractivity contribution < 1.29 is 4.42 Å². The molecule has 1 aromatic heterocycles. The molecule has 0 aliphatic heterocycles. The normalized spacial score (nSPS) is 18.3. The monoisotopic (exact) mass is 256 g/mol. The minimum absolute atomic E-state index is 0.626. The highest BCUT2D eigenvalue weighted by Crippen LogP contribution is 2.30. The van der Waals surface area contributed by atoms with Crippen molar-refractivity contribution in [2.24, 2.45) is 0 Å². The van der Waals surface area contributed by atoms with Gasteiger partial charge in [0.25, 0.3) is 0 Å². The lowest BCUT2D eigenvalue weighted by molar-refractivity contribution is 0.433. The summed E-state index contributed by atoms with van der Waals surface area (Å²) in [4.78, 5) is 4.21. The first-order valence-corrected chi connectivity index (χ1v) is 7.03. The second-order valence-corrected chi connectivity index (χ2v) is 5.28. The van der Waals surface area contributed by atoms with Crippen LogP contribution in [-0.4, -0.2) is 11.5 Å². The van der Waals surface area contributed by atoms with Gasteiger partial charge in [0.1, 0.15) is 5.76 Å². The molecule has 100 valence electrons. The van der Waals surface area contributed by atoms with Gasteiger partial charge in [0.15, 0.2) is 0 Å². The van der Waals surface area contributed by atoms with Gasteiger partial charge in [0.2, 0.25) is 5.89 Å². The predicted octanol–water partition coefficient (Wildman–Crippen LogP) is 3.19. The highest BCUT2D eigenvalue weighted by Gasteiger charge is 2.19. The predicted molar refractivity (Wildman–Crippen MR) is 75.1 cm³/mol. The molecule has 0 spiro atoms. The van der Waals surface area contributed by atoms with Crippen LogP contribution in [0.25, 0.3) is 0 Å². The van der Waals surface area contributed by atoms with E-state index in [1.165, 1.54) is 30.4 Å². The van der Waals surface area contributed by atoms with E-state index in [0.29, 0.717) is 12.5 Å². The number of nitrogens with zero attached hydrogens (tertiary/aromatic N) is 1. The molecule has 19 heavy (non-hydrogen) atoms. The van der Waals surface area contributed by atoms with Gasteiger partial charge < -0.3 is 9.73 Å². The van der Waals surface area contributed by atoms with Crippen LogP contribution in [0.2, 0.25) is 0 Å². The molecule has 3 nitrogen and oxygen atoms in total. The standard InChI is InChI=1S/C16H20N2O/c1-12-9-18-16(19-12)11-17-10-14-7-4-6-13-5-2-3-8-15(13)14/h2-3,5,8-9,14,17H,4,6-7,10-11H2,1H3. The summed E-state index contributed by atoms with van der Waals surface area (Å²) in [6.07, 6.45) is 5.56. The number of oxazole rings is 1. The minimum atomic E-state index is 0.626. The van der Waals surface area contributed by atoms with Gasteiger partial charge in [-0.05, 0) is 43.2 Å². The van der Waals surface area contributed by atoms with Gasteiger partial charge in [-0.25, -0.2) is 4.98 Å². The van der Waals surface area contributed by atoms with Gasteiger partial charge in [-0.1, -0.05) is 24.3 Å². The second kappa shape index (κ2) is 5.57. The number of benzene rings is 1. The van der Waals surface area contributed by atoms with Crippen molar-refractivity contribution >= 4 is 0 Å².